The highest BCUT2D eigenvalue weighted by Gasteiger charge is 2.41. The van der Waals surface area contributed by atoms with Crippen LogP contribution in [0.3, 0.4) is 0 Å². The normalized spacial score (nSPS) is 37.9. The molecule has 4 heteroatoms. The van der Waals surface area contributed by atoms with Crippen molar-refractivity contribution in [1.29, 1.82) is 0 Å². The molecule has 0 spiro atoms. The summed E-state index contributed by atoms with van der Waals surface area (Å²) in [4.78, 5) is 10.8. The fourth-order valence-electron chi connectivity index (χ4n) is 2.51. The number of fused-ring (bicyclic) bond motifs is 2. The molecule has 5 atom stereocenters. The van der Waals surface area contributed by atoms with Crippen LogP contribution in [0.2, 0.25) is 0 Å². The van der Waals surface area contributed by atoms with Gasteiger partial charge in [0.05, 0.1) is 18.1 Å². The third-order valence-electron chi connectivity index (χ3n) is 3.72. The minimum absolute atomic E-state index is 0.00968. The third-order valence-corrected chi connectivity index (χ3v) is 3.72. The van der Waals surface area contributed by atoms with Crippen LogP contribution in [-0.2, 0) is 9.53 Å². The maximum Gasteiger partial charge on any atom is 0.307 e. The van der Waals surface area contributed by atoms with Crippen molar-refractivity contribution in [2.24, 2.45) is 5.92 Å². The number of carboxylic acid groups (broad SMARTS) is 1. The average molecular weight is 213 g/mol. The number of carboxylic acids is 1. The molecule has 2 bridgehead atoms. The van der Waals surface area contributed by atoms with Crippen LogP contribution in [-0.4, -0.2) is 35.4 Å². The number of ether oxygens (including phenoxy) is 1. The molecule has 0 aromatic carbocycles. The van der Waals surface area contributed by atoms with Gasteiger partial charge in [0.15, 0.2) is 0 Å². The molecule has 2 aliphatic rings. The topological polar surface area (TPSA) is 58.6 Å². The van der Waals surface area contributed by atoms with Gasteiger partial charge in [-0.1, -0.05) is 6.92 Å². The molecule has 86 valence electrons. The lowest BCUT2D eigenvalue weighted by Crippen LogP contribution is -2.46. The standard InChI is InChI=1S/C11H19NO3/c1-6(11(13)14)7(2)12-9-5-8-3-4-10(9)15-8/h6-10,12H,3-5H2,1-2H3,(H,13,14). The predicted octanol–water partition coefficient (Wildman–Crippen LogP) is 1.01. The van der Waals surface area contributed by atoms with E-state index in [1.54, 1.807) is 6.92 Å². The molecule has 0 saturated carbocycles. The van der Waals surface area contributed by atoms with E-state index >= 15 is 0 Å². The summed E-state index contributed by atoms with van der Waals surface area (Å²) in [5.41, 5.74) is 0. The zero-order chi connectivity index (χ0) is 11.0. The fourth-order valence-corrected chi connectivity index (χ4v) is 2.51. The van der Waals surface area contributed by atoms with Crippen molar-refractivity contribution < 1.29 is 14.6 Å². The SMILES string of the molecule is CC(NC1CC2CCC1O2)C(C)C(=O)O. The molecule has 5 unspecified atom stereocenters. The van der Waals surface area contributed by atoms with Crippen molar-refractivity contribution in [3.05, 3.63) is 0 Å². The smallest absolute Gasteiger partial charge is 0.307 e. The highest BCUT2D eigenvalue weighted by atomic mass is 16.5. The fraction of sp³-hybridized carbons (Fsp3) is 0.909. The first-order valence-corrected chi connectivity index (χ1v) is 5.72. The van der Waals surface area contributed by atoms with Gasteiger partial charge in [0, 0.05) is 12.1 Å². The van der Waals surface area contributed by atoms with Crippen molar-refractivity contribution >= 4 is 5.97 Å². The molecule has 2 rings (SSSR count). The van der Waals surface area contributed by atoms with Gasteiger partial charge in [-0.3, -0.25) is 4.79 Å². The summed E-state index contributed by atoms with van der Waals surface area (Å²) in [5.74, 6) is -1.08. The second-order valence-electron chi connectivity index (χ2n) is 4.80. The Morgan fingerprint density at radius 1 is 1.47 bits per heavy atom. The van der Waals surface area contributed by atoms with Crippen LogP contribution < -0.4 is 5.32 Å². The molecule has 4 nitrogen and oxygen atoms in total. The quantitative estimate of drug-likeness (QED) is 0.731. The Labute approximate surface area is 90.0 Å². The summed E-state index contributed by atoms with van der Waals surface area (Å²) in [6.07, 6.45) is 4.07. The van der Waals surface area contributed by atoms with Gasteiger partial charge in [-0.2, -0.15) is 0 Å². The maximum absolute atomic E-state index is 10.8. The molecule has 0 aliphatic carbocycles. The Morgan fingerprint density at radius 3 is 2.67 bits per heavy atom. The molecule has 2 heterocycles. The second kappa shape index (κ2) is 4.10. The summed E-state index contributed by atoms with van der Waals surface area (Å²) < 4.78 is 5.72. The molecular formula is C11H19NO3. The molecule has 15 heavy (non-hydrogen) atoms. The lowest BCUT2D eigenvalue weighted by Gasteiger charge is -2.26. The zero-order valence-corrected chi connectivity index (χ0v) is 9.27. The lowest BCUT2D eigenvalue weighted by molar-refractivity contribution is -0.142. The largest absolute Gasteiger partial charge is 0.481 e. The Bertz CT molecular complexity index is 256. The van der Waals surface area contributed by atoms with Gasteiger partial charge < -0.3 is 15.2 Å². The van der Waals surface area contributed by atoms with Crippen LogP contribution in [0, 0.1) is 5.92 Å². The highest BCUT2D eigenvalue weighted by Crippen LogP contribution is 2.34. The molecule has 0 radical (unpaired) electrons. The Morgan fingerprint density at radius 2 is 2.20 bits per heavy atom. The Balaban J connectivity index is 1.84. The number of carbonyl (C=O) groups is 1. The van der Waals surface area contributed by atoms with Crippen molar-refractivity contribution in [1.82, 2.24) is 5.32 Å². The molecule has 2 aliphatic heterocycles. The number of hydrogen-bond donors (Lipinski definition) is 2. The van der Waals surface area contributed by atoms with Gasteiger partial charge in [-0.05, 0) is 26.2 Å². The zero-order valence-electron chi connectivity index (χ0n) is 9.27. The van der Waals surface area contributed by atoms with Crippen LogP contribution in [0.1, 0.15) is 33.1 Å². The number of hydrogen-bond acceptors (Lipinski definition) is 3. The molecule has 2 saturated heterocycles. The summed E-state index contributed by atoms with van der Waals surface area (Å²) in [7, 11) is 0. The predicted molar refractivity (Wildman–Crippen MR) is 55.7 cm³/mol. The van der Waals surface area contributed by atoms with E-state index in [1.165, 1.54) is 6.42 Å². The van der Waals surface area contributed by atoms with Gasteiger partial charge in [0.25, 0.3) is 0 Å². The van der Waals surface area contributed by atoms with E-state index in [-0.39, 0.29) is 12.0 Å². The van der Waals surface area contributed by atoms with E-state index in [0.717, 1.165) is 12.8 Å². The minimum atomic E-state index is -0.737. The van der Waals surface area contributed by atoms with Crippen molar-refractivity contribution in [3.63, 3.8) is 0 Å². The maximum atomic E-state index is 10.8. The molecule has 0 aromatic rings. The highest BCUT2D eigenvalue weighted by molar-refractivity contribution is 5.70. The summed E-state index contributed by atoms with van der Waals surface area (Å²) >= 11 is 0. The number of rotatable bonds is 4. The first-order chi connectivity index (χ1) is 7.08. The van der Waals surface area contributed by atoms with Gasteiger partial charge in [-0.15, -0.1) is 0 Å². The van der Waals surface area contributed by atoms with E-state index < -0.39 is 5.97 Å². The Hall–Kier alpha value is -0.610. The van der Waals surface area contributed by atoms with Gasteiger partial charge in [0.2, 0.25) is 0 Å². The molecule has 0 aromatic heterocycles. The van der Waals surface area contributed by atoms with E-state index in [4.69, 9.17) is 9.84 Å². The van der Waals surface area contributed by atoms with Crippen LogP contribution in [0.4, 0.5) is 0 Å². The summed E-state index contributed by atoms with van der Waals surface area (Å²) in [5, 5.41) is 12.3. The molecule has 2 fully saturated rings. The van der Waals surface area contributed by atoms with Crippen LogP contribution in [0.5, 0.6) is 0 Å². The molecular weight excluding hydrogens is 194 g/mol. The summed E-state index contributed by atoms with van der Waals surface area (Å²) in [6, 6.07) is 0.371. The molecule has 0 amide bonds. The van der Waals surface area contributed by atoms with Crippen molar-refractivity contribution in [2.75, 3.05) is 0 Å². The lowest BCUT2D eigenvalue weighted by atomic mass is 9.93. The first-order valence-electron chi connectivity index (χ1n) is 5.72. The van der Waals surface area contributed by atoms with Crippen molar-refractivity contribution in [3.8, 4) is 0 Å². The van der Waals surface area contributed by atoms with Gasteiger partial charge in [-0.25, -0.2) is 0 Å². The number of aliphatic carboxylic acids is 1. The van der Waals surface area contributed by atoms with Gasteiger partial charge in [0.1, 0.15) is 0 Å². The van der Waals surface area contributed by atoms with E-state index in [0.29, 0.717) is 18.2 Å². The third kappa shape index (κ3) is 2.16. The number of nitrogens with one attached hydrogen (secondary N) is 1. The minimum Gasteiger partial charge on any atom is -0.481 e. The van der Waals surface area contributed by atoms with Crippen LogP contribution in [0.15, 0.2) is 0 Å². The van der Waals surface area contributed by atoms with Crippen LogP contribution in [0.25, 0.3) is 0 Å². The van der Waals surface area contributed by atoms with E-state index in [2.05, 4.69) is 5.32 Å². The summed E-state index contributed by atoms with van der Waals surface area (Å²) in [6.45, 7) is 3.68. The van der Waals surface area contributed by atoms with Crippen molar-refractivity contribution in [2.45, 2.75) is 57.4 Å². The van der Waals surface area contributed by atoms with Gasteiger partial charge >= 0.3 is 5.97 Å². The first kappa shape index (κ1) is 10.9. The monoisotopic (exact) mass is 213 g/mol. The second-order valence-corrected chi connectivity index (χ2v) is 4.80. The average Bonchev–Trinajstić information content (AvgIpc) is 2.77. The van der Waals surface area contributed by atoms with E-state index in [1.807, 2.05) is 6.92 Å². The molecule has 2 N–H and O–H groups in total. The Kier molecular flexibility index (Phi) is 2.98. The van der Waals surface area contributed by atoms with E-state index in [9.17, 15) is 4.79 Å². The van der Waals surface area contributed by atoms with Crippen LogP contribution >= 0.6 is 0 Å².